The summed E-state index contributed by atoms with van der Waals surface area (Å²) in [7, 11) is 4.06. The number of likely N-dealkylation sites (tertiary alicyclic amines) is 1. The number of benzene rings is 1. The zero-order valence-electron chi connectivity index (χ0n) is 19.8. The average Bonchev–Trinajstić information content (AvgIpc) is 3.34. The van der Waals surface area contributed by atoms with Gasteiger partial charge < -0.3 is 19.9 Å². The Labute approximate surface area is 196 Å². The molecule has 2 aliphatic heterocycles. The van der Waals surface area contributed by atoms with Crippen LogP contribution < -0.4 is 10.1 Å². The first-order chi connectivity index (χ1) is 16.1. The number of ether oxygens (including phenoxy) is 1. The minimum atomic E-state index is -0.744. The Kier molecular flexibility index (Phi) is 6.23. The fourth-order valence-electron chi connectivity index (χ4n) is 5.60. The van der Waals surface area contributed by atoms with Gasteiger partial charge in [-0.05, 0) is 51.3 Å². The van der Waals surface area contributed by atoms with E-state index in [4.69, 9.17) is 14.7 Å². The number of hydrogen-bond donors (Lipinski definition) is 1. The number of likely N-dealkylation sites (N-methyl/N-ethyl adjacent to an activating group) is 1. The molecule has 2 fully saturated rings. The van der Waals surface area contributed by atoms with Crippen molar-refractivity contribution in [2.24, 2.45) is 0 Å². The normalized spacial score (nSPS) is 22.6. The van der Waals surface area contributed by atoms with Crippen LogP contribution in [0.4, 0.5) is 5.82 Å². The number of rotatable bonds is 5. The molecular formula is C26H35N5O2. The van der Waals surface area contributed by atoms with E-state index < -0.39 is 5.60 Å². The highest BCUT2D eigenvalue weighted by Crippen LogP contribution is 2.37. The molecule has 176 valence electrons. The SMILES string of the molecule is CNc1nc(C2CCN(C(=O)C3(Oc4ccccc4)CCCCC3)C2)nc2c1CN(C)CC2. The molecule has 0 spiro atoms. The first-order valence-electron chi connectivity index (χ1n) is 12.4. The van der Waals surface area contributed by atoms with Crippen LogP contribution in [0.5, 0.6) is 5.75 Å². The van der Waals surface area contributed by atoms with E-state index >= 15 is 0 Å². The van der Waals surface area contributed by atoms with Gasteiger partial charge in [0.25, 0.3) is 5.91 Å². The van der Waals surface area contributed by atoms with E-state index in [1.54, 1.807) is 0 Å². The molecule has 1 atom stereocenters. The Morgan fingerprint density at radius 2 is 1.91 bits per heavy atom. The van der Waals surface area contributed by atoms with Crippen LogP contribution in [0.3, 0.4) is 0 Å². The molecule has 1 saturated heterocycles. The predicted octanol–water partition coefficient (Wildman–Crippen LogP) is 3.60. The topological polar surface area (TPSA) is 70.6 Å². The van der Waals surface area contributed by atoms with Crippen molar-refractivity contribution in [1.29, 1.82) is 0 Å². The Morgan fingerprint density at radius 3 is 2.67 bits per heavy atom. The number of carbonyl (C=O) groups excluding carboxylic acids is 1. The number of nitrogens with zero attached hydrogens (tertiary/aromatic N) is 4. The van der Waals surface area contributed by atoms with Crippen molar-refractivity contribution in [3.05, 3.63) is 47.4 Å². The lowest BCUT2D eigenvalue weighted by atomic mass is 9.83. The van der Waals surface area contributed by atoms with E-state index in [-0.39, 0.29) is 11.8 Å². The highest BCUT2D eigenvalue weighted by Gasteiger charge is 2.46. The van der Waals surface area contributed by atoms with Crippen LogP contribution in [0.2, 0.25) is 0 Å². The third-order valence-electron chi connectivity index (χ3n) is 7.45. The summed E-state index contributed by atoms with van der Waals surface area (Å²) in [6, 6.07) is 9.81. The second kappa shape index (κ2) is 9.29. The van der Waals surface area contributed by atoms with Crippen LogP contribution in [-0.2, 0) is 17.8 Å². The van der Waals surface area contributed by atoms with Gasteiger partial charge in [-0.15, -0.1) is 0 Å². The Balaban J connectivity index is 1.35. The maximum atomic E-state index is 13.8. The quantitative estimate of drug-likeness (QED) is 0.752. The third-order valence-corrected chi connectivity index (χ3v) is 7.45. The van der Waals surface area contributed by atoms with E-state index in [2.05, 4.69) is 17.3 Å². The zero-order valence-corrected chi connectivity index (χ0v) is 19.8. The summed E-state index contributed by atoms with van der Waals surface area (Å²) >= 11 is 0. The molecule has 0 bridgehead atoms. The van der Waals surface area contributed by atoms with Gasteiger partial charge in [0.2, 0.25) is 0 Å². The zero-order chi connectivity index (χ0) is 22.8. The third kappa shape index (κ3) is 4.43. The molecule has 1 unspecified atom stereocenters. The summed E-state index contributed by atoms with van der Waals surface area (Å²) in [4.78, 5) is 28.0. The van der Waals surface area contributed by atoms with Crippen molar-refractivity contribution in [1.82, 2.24) is 19.8 Å². The summed E-state index contributed by atoms with van der Waals surface area (Å²) in [6.07, 6.45) is 6.64. The first-order valence-corrected chi connectivity index (χ1v) is 12.4. The molecular weight excluding hydrogens is 414 g/mol. The van der Waals surface area contributed by atoms with E-state index in [0.29, 0.717) is 6.54 Å². The molecule has 7 heteroatoms. The summed E-state index contributed by atoms with van der Waals surface area (Å²) < 4.78 is 6.44. The Hall–Kier alpha value is -2.67. The molecule has 1 saturated carbocycles. The maximum Gasteiger partial charge on any atom is 0.266 e. The largest absolute Gasteiger partial charge is 0.477 e. The number of nitrogens with one attached hydrogen (secondary N) is 1. The molecule has 2 aromatic rings. The number of hydrogen-bond acceptors (Lipinski definition) is 6. The predicted molar refractivity (Wildman–Crippen MR) is 128 cm³/mol. The van der Waals surface area contributed by atoms with Gasteiger partial charge in [0.05, 0.1) is 5.69 Å². The highest BCUT2D eigenvalue weighted by molar-refractivity contribution is 5.86. The molecule has 3 heterocycles. The van der Waals surface area contributed by atoms with Crippen molar-refractivity contribution in [3.63, 3.8) is 0 Å². The summed E-state index contributed by atoms with van der Waals surface area (Å²) in [5.74, 6) is 2.90. The lowest BCUT2D eigenvalue weighted by Gasteiger charge is -2.39. The number of aromatic nitrogens is 2. The number of para-hydroxylation sites is 1. The average molecular weight is 450 g/mol. The molecule has 33 heavy (non-hydrogen) atoms. The highest BCUT2D eigenvalue weighted by atomic mass is 16.5. The fraction of sp³-hybridized carbons (Fsp3) is 0.577. The van der Waals surface area contributed by atoms with Crippen LogP contribution >= 0.6 is 0 Å². The Bertz CT molecular complexity index is 972. The van der Waals surface area contributed by atoms with Crippen molar-refractivity contribution in [2.45, 2.75) is 63.0 Å². The molecule has 1 aromatic heterocycles. The molecule has 1 N–H and O–H groups in total. The molecule has 3 aliphatic rings. The van der Waals surface area contributed by atoms with Crippen LogP contribution in [-0.4, -0.2) is 65.0 Å². The number of carbonyl (C=O) groups is 1. The van der Waals surface area contributed by atoms with Gasteiger partial charge in [0.15, 0.2) is 5.60 Å². The molecule has 1 aliphatic carbocycles. The summed E-state index contributed by atoms with van der Waals surface area (Å²) in [6.45, 7) is 3.30. The van der Waals surface area contributed by atoms with Gasteiger partial charge in [-0.1, -0.05) is 24.6 Å². The first kappa shape index (κ1) is 22.1. The van der Waals surface area contributed by atoms with Gasteiger partial charge in [-0.3, -0.25) is 4.79 Å². The second-order valence-electron chi connectivity index (χ2n) is 9.80. The van der Waals surface area contributed by atoms with Crippen LogP contribution in [0.15, 0.2) is 30.3 Å². The van der Waals surface area contributed by atoms with Crippen LogP contribution in [0.1, 0.15) is 61.5 Å². The molecule has 0 radical (unpaired) electrons. The van der Waals surface area contributed by atoms with Crippen LogP contribution in [0.25, 0.3) is 0 Å². The second-order valence-corrected chi connectivity index (χ2v) is 9.80. The number of anilines is 1. The van der Waals surface area contributed by atoms with Gasteiger partial charge >= 0.3 is 0 Å². The molecule has 5 rings (SSSR count). The monoisotopic (exact) mass is 449 g/mol. The van der Waals surface area contributed by atoms with Gasteiger partial charge in [0.1, 0.15) is 17.4 Å². The summed E-state index contributed by atoms with van der Waals surface area (Å²) in [5, 5.41) is 3.28. The van der Waals surface area contributed by atoms with Crippen molar-refractivity contribution in [3.8, 4) is 5.75 Å². The smallest absolute Gasteiger partial charge is 0.266 e. The number of fused-ring (bicyclic) bond motifs is 1. The van der Waals surface area contributed by atoms with Gasteiger partial charge in [-0.25, -0.2) is 9.97 Å². The standard InChI is InChI=1S/C26H35N5O2/c1-27-24-21-18-30(2)15-12-22(21)28-23(29-24)19-11-16-31(17-19)25(32)26(13-7-4-8-14-26)33-20-9-5-3-6-10-20/h3,5-6,9-10,19H,4,7-8,11-18H2,1-2H3,(H,27,28,29). The van der Waals surface area contributed by atoms with Crippen LogP contribution in [0, 0.1) is 0 Å². The maximum absolute atomic E-state index is 13.8. The fourth-order valence-corrected chi connectivity index (χ4v) is 5.60. The van der Waals surface area contributed by atoms with E-state index in [1.165, 1.54) is 12.0 Å². The lowest BCUT2D eigenvalue weighted by Crippen LogP contribution is -2.53. The van der Waals surface area contributed by atoms with E-state index in [9.17, 15) is 4.79 Å². The minimum Gasteiger partial charge on any atom is -0.477 e. The Morgan fingerprint density at radius 1 is 1.12 bits per heavy atom. The van der Waals surface area contributed by atoms with E-state index in [1.807, 2.05) is 42.3 Å². The summed E-state index contributed by atoms with van der Waals surface area (Å²) in [5.41, 5.74) is 1.62. The van der Waals surface area contributed by atoms with Crippen molar-refractivity contribution < 1.29 is 9.53 Å². The van der Waals surface area contributed by atoms with Crippen molar-refractivity contribution >= 4 is 11.7 Å². The molecule has 1 aromatic carbocycles. The van der Waals surface area contributed by atoms with Gasteiger partial charge in [-0.2, -0.15) is 0 Å². The molecule has 1 amide bonds. The van der Waals surface area contributed by atoms with Crippen molar-refractivity contribution in [2.75, 3.05) is 39.0 Å². The number of amides is 1. The van der Waals surface area contributed by atoms with E-state index in [0.717, 1.165) is 81.2 Å². The lowest BCUT2D eigenvalue weighted by molar-refractivity contribution is -0.150. The molecule has 7 nitrogen and oxygen atoms in total. The minimum absolute atomic E-state index is 0.141. The van der Waals surface area contributed by atoms with Gasteiger partial charge in [0, 0.05) is 51.1 Å².